The van der Waals surface area contributed by atoms with Crippen molar-refractivity contribution in [2.45, 2.75) is 20.0 Å². The third kappa shape index (κ3) is 7.68. The Bertz CT molecular complexity index is 1280. The number of ether oxygens (including phenoxy) is 4. The van der Waals surface area contributed by atoms with Crippen LogP contribution in [-0.4, -0.2) is 37.9 Å². The van der Waals surface area contributed by atoms with E-state index < -0.39 is 4.92 Å². The quantitative estimate of drug-likeness (QED) is 0.183. The molecule has 11 heteroatoms. The van der Waals surface area contributed by atoms with Crippen LogP contribution in [0.25, 0.3) is 0 Å². The van der Waals surface area contributed by atoms with Gasteiger partial charge in [0.2, 0.25) is 5.91 Å². The molecule has 0 saturated heterocycles. The number of carbonyl (C=O) groups excluding carboxylic acids is 1. The van der Waals surface area contributed by atoms with Gasteiger partial charge in [-0.15, -0.1) is 0 Å². The van der Waals surface area contributed by atoms with E-state index in [1.165, 1.54) is 25.5 Å². The summed E-state index contributed by atoms with van der Waals surface area (Å²) in [6, 6.07) is 14.9. The highest BCUT2D eigenvalue weighted by Crippen LogP contribution is 2.37. The lowest BCUT2D eigenvalue weighted by Crippen LogP contribution is -2.19. The molecule has 10 nitrogen and oxygen atoms in total. The van der Waals surface area contributed by atoms with Crippen LogP contribution in [0.15, 0.2) is 64.2 Å². The van der Waals surface area contributed by atoms with Gasteiger partial charge in [-0.05, 0) is 75.9 Å². The summed E-state index contributed by atoms with van der Waals surface area (Å²) >= 11 is 3.50. The third-order valence-corrected chi connectivity index (χ3v) is 5.67. The van der Waals surface area contributed by atoms with Crippen LogP contribution in [-0.2, 0) is 17.8 Å². The maximum atomic E-state index is 12.3. The number of halogens is 1. The van der Waals surface area contributed by atoms with Gasteiger partial charge < -0.3 is 18.9 Å². The number of nitro benzene ring substituents is 1. The number of non-ortho nitro benzene ring substituents is 1. The standard InChI is InChI=1S/C26H26BrN3O7/c1-4-36-24-13-19(11-21(27)26(24)37-16-17-5-8-20(9-6-17)30(32)33)15-28-29-25(31)14-18-7-10-22(34-2)23(12-18)35-3/h5-13,15H,4,14,16H2,1-3H3,(H,29,31)/b28-15+. The summed E-state index contributed by atoms with van der Waals surface area (Å²) in [5, 5.41) is 14.9. The lowest BCUT2D eigenvalue weighted by molar-refractivity contribution is -0.384. The summed E-state index contributed by atoms with van der Waals surface area (Å²) in [7, 11) is 3.08. The molecule has 0 aliphatic heterocycles. The Morgan fingerprint density at radius 1 is 1.00 bits per heavy atom. The predicted octanol–water partition coefficient (Wildman–Crippen LogP) is 5.05. The Labute approximate surface area is 222 Å². The average Bonchev–Trinajstić information content (AvgIpc) is 2.88. The number of hydrogen-bond donors (Lipinski definition) is 1. The van der Waals surface area contributed by atoms with Gasteiger partial charge in [-0.1, -0.05) is 6.07 Å². The molecule has 0 bridgehead atoms. The van der Waals surface area contributed by atoms with E-state index in [-0.39, 0.29) is 24.6 Å². The maximum Gasteiger partial charge on any atom is 0.269 e. The zero-order chi connectivity index (χ0) is 26.8. The number of methoxy groups -OCH3 is 2. The lowest BCUT2D eigenvalue weighted by Gasteiger charge is -2.14. The maximum absolute atomic E-state index is 12.3. The molecule has 0 spiro atoms. The highest BCUT2D eigenvalue weighted by atomic mass is 79.9. The third-order valence-electron chi connectivity index (χ3n) is 5.08. The molecule has 0 aromatic heterocycles. The van der Waals surface area contributed by atoms with Crippen molar-refractivity contribution in [3.63, 3.8) is 0 Å². The highest BCUT2D eigenvalue weighted by molar-refractivity contribution is 9.10. The Hall–Kier alpha value is -4.12. The number of nitro groups is 1. The van der Waals surface area contributed by atoms with Gasteiger partial charge in [0, 0.05) is 12.1 Å². The van der Waals surface area contributed by atoms with Gasteiger partial charge in [-0.2, -0.15) is 5.10 Å². The minimum Gasteiger partial charge on any atom is -0.493 e. The van der Waals surface area contributed by atoms with Crippen LogP contribution in [0.4, 0.5) is 5.69 Å². The van der Waals surface area contributed by atoms with Gasteiger partial charge in [0.1, 0.15) is 6.61 Å². The molecule has 3 aromatic carbocycles. The van der Waals surface area contributed by atoms with Crippen LogP contribution in [0.3, 0.4) is 0 Å². The van der Waals surface area contributed by atoms with Crippen LogP contribution >= 0.6 is 15.9 Å². The molecule has 3 aromatic rings. The second-order valence-electron chi connectivity index (χ2n) is 7.63. The van der Waals surface area contributed by atoms with Crippen molar-refractivity contribution in [2.75, 3.05) is 20.8 Å². The van der Waals surface area contributed by atoms with E-state index >= 15 is 0 Å². The largest absolute Gasteiger partial charge is 0.493 e. The SMILES string of the molecule is CCOc1cc(/C=N/NC(=O)Cc2ccc(OC)c(OC)c2)cc(Br)c1OCc1ccc([N+](=O)[O-])cc1. The molecule has 37 heavy (non-hydrogen) atoms. The smallest absolute Gasteiger partial charge is 0.269 e. The average molecular weight is 572 g/mol. The van der Waals surface area contributed by atoms with Crippen molar-refractivity contribution < 1.29 is 28.7 Å². The fraction of sp³-hybridized carbons (Fsp3) is 0.231. The van der Waals surface area contributed by atoms with E-state index in [9.17, 15) is 14.9 Å². The second kappa shape index (κ2) is 13.3. The summed E-state index contributed by atoms with van der Waals surface area (Å²) in [6.45, 7) is 2.45. The summed E-state index contributed by atoms with van der Waals surface area (Å²) < 4.78 is 22.8. The fourth-order valence-electron chi connectivity index (χ4n) is 3.33. The minimum atomic E-state index is -0.451. The molecule has 0 fully saturated rings. The Morgan fingerprint density at radius 3 is 2.35 bits per heavy atom. The molecule has 0 aliphatic carbocycles. The number of nitrogens with one attached hydrogen (secondary N) is 1. The monoisotopic (exact) mass is 571 g/mol. The highest BCUT2D eigenvalue weighted by Gasteiger charge is 2.13. The number of carbonyl (C=O) groups is 1. The van der Waals surface area contributed by atoms with E-state index in [1.807, 2.05) is 6.92 Å². The van der Waals surface area contributed by atoms with Crippen LogP contribution in [0.5, 0.6) is 23.0 Å². The normalized spacial score (nSPS) is 10.7. The fourth-order valence-corrected chi connectivity index (χ4v) is 3.90. The molecule has 194 valence electrons. The lowest BCUT2D eigenvalue weighted by atomic mass is 10.1. The number of hydrazone groups is 1. The zero-order valence-corrected chi connectivity index (χ0v) is 22.1. The van der Waals surface area contributed by atoms with Gasteiger partial charge >= 0.3 is 0 Å². The topological polar surface area (TPSA) is 122 Å². The number of amides is 1. The molecule has 1 amide bonds. The van der Waals surface area contributed by atoms with Crippen LogP contribution in [0.1, 0.15) is 23.6 Å². The van der Waals surface area contributed by atoms with E-state index in [4.69, 9.17) is 18.9 Å². The van der Waals surface area contributed by atoms with E-state index in [2.05, 4.69) is 26.5 Å². The van der Waals surface area contributed by atoms with E-state index in [1.54, 1.807) is 49.6 Å². The van der Waals surface area contributed by atoms with Crippen LogP contribution in [0.2, 0.25) is 0 Å². The second-order valence-corrected chi connectivity index (χ2v) is 8.49. The van der Waals surface area contributed by atoms with Crippen LogP contribution in [0, 0.1) is 10.1 Å². The Balaban J connectivity index is 1.65. The first-order chi connectivity index (χ1) is 17.8. The number of nitrogens with zero attached hydrogens (tertiary/aromatic N) is 2. The number of rotatable bonds is 12. The van der Waals surface area contributed by atoms with Gasteiger partial charge in [0.25, 0.3) is 5.69 Å². The first-order valence-electron chi connectivity index (χ1n) is 11.2. The molecule has 0 atom stereocenters. The van der Waals surface area contributed by atoms with Crippen molar-refractivity contribution in [1.29, 1.82) is 0 Å². The van der Waals surface area contributed by atoms with Gasteiger partial charge in [0.05, 0.1) is 42.9 Å². The molecule has 3 rings (SSSR count). The molecule has 0 radical (unpaired) electrons. The van der Waals surface area contributed by atoms with Crippen molar-refractivity contribution in [3.8, 4) is 23.0 Å². The van der Waals surface area contributed by atoms with E-state index in [0.29, 0.717) is 39.6 Å². The first kappa shape index (κ1) is 27.5. The van der Waals surface area contributed by atoms with Crippen molar-refractivity contribution in [1.82, 2.24) is 5.43 Å². The predicted molar refractivity (Wildman–Crippen MR) is 142 cm³/mol. The molecule has 1 N–H and O–H groups in total. The van der Waals surface area contributed by atoms with Gasteiger partial charge in [-0.25, -0.2) is 5.43 Å². The molecule has 0 heterocycles. The first-order valence-corrected chi connectivity index (χ1v) is 12.0. The summed E-state index contributed by atoms with van der Waals surface area (Å²) in [5.74, 6) is 1.79. The summed E-state index contributed by atoms with van der Waals surface area (Å²) in [5.41, 5.74) is 4.72. The molecular weight excluding hydrogens is 546 g/mol. The van der Waals surface area contributed by atoms with Crippen molar-refractivity contribution >= 4 is 33.7 Å². The molecule has 0 saturated carbocycles. The van der Waals surface area contributed by atoms with Gasteiger partial charge in [-0.3, -0.25) is 14.9 Å². The van der Waals surface area contributed by atoms with E-state index in [0.717, 1.165) is 11.1 Å². The number of benzene rings is 3. The molecule has 0 aliphatic rings. The van der Waals surface area contributed by atoms with Crippen LogP contribution < -0.4 is 24.4 Å². The van der Waals surface area contributed by atoms with Crippen molar-refractivity contribution in [2.24, 2.45) is 5.10 Å². The Kier molecular flexibility index (Phi) is 9.84. The minimum absolute atomic E-state index is 0.0133. The zero-order valence-electron chi connectivity index (χ0n) is 20.5. The van der Waals surface area contributed by atoms with Crippen molar-refractivity contribution in [3.05, 3.63) is 85.9 Å². The summed E-state index contributed by atoms with van der Waals surface area (Å²) in [4.78, 5) is 22.7. The molecular formula is C26H26BrN3O7. The number of hydrogen-bond acceptors (Lipinski definition) is 8. The molecule has 0 unspecified atom stereocenters. The van der Waals surface area contributed by atoms with Gasteiger partial charge in [0.15, 0.2) is 23.0 Å². The Morgan fingerprint density at radius 2 is 1.70 bits per heavy atom. The summed E-state index contributed by atoms with van der Waals surface area (Å²) in [6.07, 6.45) is 1.61.